The number of para-hydroxylation sites is 5. The Labute approximate surface area is 336 Å². The number of fused-ring (bicyclic) bond motifs is 8. The Morgan fingerprint density at radius 2 is 1.02 bits per heavy atom. The lowest BCUT2D eigenvalue weighted by molar-refractivity contribution is 0.552. The van der Waals surface area contributed by atoms with Crippen molar-refractivity contribution in [3.05, 3.63) is 204 Å². The second-order valence-corrected chi connectivity index (χ2v) is 15.4. The van der Waals surface area contributed by atoms with Crippen LogP contribution >= 0.6 is 0 Å². The number of rotatable bonds is 5. The minimum absolute atomic E-state index is 0.106. The molecule has 2 unspecified atom stereocenters. The van der Waals surface area contributed by atoms with Gasteiger partial charge in [0.1, 0.15) is 0 Å². The van der Waals surface area contributed by atoms with E-state index in [2.05, 4.69) is 179 Å². The largest absolute Gasteiger partial charge is 0.327 e. The molecule has 0 fully saturated rings. The summed E-state index contributed by atoms with van der Waals surface area (Å²) in [5, 5.41) is 3.64. The summed E-state index contributed by atoms with van der Waals surface area (Å²) in [5.41, 5.74) is 11.9. The second-order valence-electron chi connectivity index (χ2n) is 15.4. The van der Waals surface area contributed by atoms with Crippen molar-refractivity contribution in [3.8, 4) is 39.9 Å². The van der Waals surface area contributed by atoms with Crippen molar-refractivity contribution in [2.45, 2.75) is 18.4 Å². The van der Waals surface area contributed by atoms with Crippen LogP contribution in [0.4, 0.5) is 22.7 Å². The van der Waals surface area contributed by atoms with Gasteiger partial charge < -0.3 is 14.4 Å². The van der Waals surface area contributed by atoms with Crippen LogP contribution in [0.3, 0.4) is 0 Å². The third kappa shape index (κ3) is 4.63. The molecule has 0 saturated heterocycles. The highest BCUT2D eigenvalue weighted by molar-refractivity contribution is 6.04. The first kappa shape index (κ1) is 32.7. The monoisotopic (exact) mass is 744 g/mol. The van der Waals surface area contributed by atoms with Gasteiger partial charge in [-0.05, 0) is 61.0 Å². The molecule has 0 amide bonds. The SMILES string of the molecule is CC12C3=c4c(c5ccccc5n4-c4cccc(-c5nc(-c6ccccc6)nc(-c6ccccc6)n5)c4)=CC1c1ccccc1N2c1ccccc1N3c1ccccc1. The van der Waals surface area contributed by atoms with Crippen molar-refractivity contribution in [2.24, 2.45) is 0 Å². The van der Waals surface area contributed by atoms with Gasteiger partial charge >= 0.3 is 0 Å². The summed E-state index contributed by atoms with van der Waals surface area (Å²) < 4.78 is 2.48. The summed E-state index contributed by atoms with van der Waals surface area (Å²) in [7, 11) is 0. The van der Waals surface area contributed by atoms with Crippen molar-refractivity contribution in [2.75, 3.05) is 9.80 Å². The zero-order valence-electron chi connectivity index (χ0n) is 31.7. The maximum Gasteiger partial charge on any atom is 0.164 e. The molecule has 3 aliphatic rings. The average Bonchev–Trinajstić information content (AvgIpc) is 3.76. The number of aromatic nitrogens is 4. The second kappa shape index (κ2) is 12.5. The Bertz CT molecular complexity index is 3150. The fourth-order valence-corrected chi connectivity index (χ4v) is 9.74. The lowest BCUT2D eigenvalue weighted by Crippen LogP contribution is -2.58. The Balaban J connectivity index is 1.17. The van der Waals surface area contributed by atoms with E-state index in [1.54, 1.807) is 0 Å². The lowest BCUT2D eigenvalue weighted by atomic mass is 9.75. The smallest absolute Gasteiger partial charge is 0.164 e. The molecule has 0 radical (unpaired) electrons. The molecule has 6 heteroatoms. The maximum absolute atomic E-state index is 5.12. The molecular formula is C52H36N6. The molecule has 6 nitrogen and oxygen atoms in total. The Morgan fingerprint density at radius 3 is 1.72 bits per heavy atom. The quantitative estimate of drug-likeness (QED) is 0.176. The molecule has 2 aromatic heterocycles. The van der Waals surface area contributed by atoms with Gasteiger partial charge in [-0.2, -0.15) is 0 Å². The summed E-state index contributed by atoms with van der Waals surface area (Å²) in [4.78, 5) is 20.3. The van der Waals surface area contributed by atoms with Crippen molar-refractivity contribution in [3.63, 3.8) is 0 Å². The van der Waals surface area contributed by atoms with Gasteiger partial charge in [0.15, 0.2) is 17.5 Å². The first-order chi connectivity index (χ1) is 28.7. The minimum Gasteiger partial charge on any atom is -0.327 e. The van der Waals surface area contributed by atoms with Gasteiger partial charge in [-0.1, -0.05) is 146 Å². The van der Waals surface area contributed by atoms with Crippen LogP contribution in [0.5, 0.6) is 0 Å². The van der Waals surface area contributed by atoms with Crippen LogP contribution in [0.15, 0.2) is 188 Å². The predicted molar refractivity (Wildman–Crippen MR) is 235 cm³/mol. The normalized spacial score (nSPS) is 17.3. The number of hydrogen-bond acceptors (Lipinski definition) is 5. The fraction of sp³-hybridized carbons (Fsp3) is 0.0577. The summed E-state index contributed by atoms with van der Waals surface area (Å²) in [5.74, 6) is 2.02. The van der Waals surface area contributed by atoms with Crippen LogP contribution in [0, 0.1) is 0 Å². The van der Waals surface area contributed by atoms with Gasteiger partial charge in [-0.25, -0.2) is 15.0 Å². The van der Waals surface area contributed by atoms with Gasteiger partial charge in [-0.15, -0.1) is 0 Å². The van der Waals surface area contributed by atoms with Crippen LogP contribution in [0.1, 0.15) is 18.4 Å². The molecule has 2 atom stereocenters. The number of nitrogens with zero attached hydrogens (tertiary/aromatic N) is 6. The molecule has 274 valence electrons. The van der Waals surface area contributed by atoms with Gasteiger partial charge in [0, 0.05) is 50.3 Å². The minimum atomic E-state index is -0.450. The van der Waals surface area contributed by atoms with Gasteiger partial charge in [-0.3, -0.25) is 0 Å². The highest BCUT2D eigenvalue weighted by Gasteiger charge is 2.57. The lowest BCUT2D eigenvalue weighted by Gasteiger charge is -2.52. The highest BCUT2D eigenvalue weighted by atomic mass is 15.4. The number of hydrogen-bond donors (Lipinski definition) is 0. The average molecular weight is 745 g/mol. The molecule has 2 aliphatic heterocycles. The molecule has 0 N–H and O–H groups in total. The Morgan fingerprint density at radius 1 is 0.483 bits per heavy atom. The standard InChI is InChI=1S/C52H36N6/c1-52-42-33-41-39-26-11-13-28-43(39)56(38-25-17-22-36(32-38)51-54-49(34-18-5-2-6-19-34)53-50(55-51)35-20-7-3-8-21-35)47(41)48(52)57(37-23-9-4-10-24-37)45-30-15-16-31-46(45)58(52)44-29-14-12-27-40(42)44/h2-33,42H,1H3. The molecule has 4 heterocycles. The van der Waals surface area contributed by atoms with Crippen LogP contribution < -0.4 is 20.4 Å². The zero-order valence-corrected chi connectivity index (χ0v) is 31.7. The molecular weight excluding hydrogens is 709 g/mol. The van der Waals surface area contributed by atoms with Crippen molar-refractivity contribution < 1.29 is 0 Å². The van der Waals surface area contributed by atoms with Crippen LogP contribution in [-0.4, -0.2) is 25.1 Å². The van der Waals surface area contributed by atoms with Crippen molar-refractivity contribution in [1.29, 1.82) is 0 Å². The molecule has 1 aliphatic carbocycles. The van der Waals surface area contributed by atoms with Crippen molar-refractivity contribution in [1.82, 2.24) is 19.5 Å². The molecule has 12 rings (SSSR count). The van der Waals surface area contributed by atoms with E-state index in [0.29, 0.717) is 17.5 Å². The first-order valence-electron chi connectivity index (χ1n) is 19.8. The van der Waals surface area contributed by atoms with Crippen LogP contribution in [0.25, 0.3) is 62.5 Å². The maximum atomic E-state index is 5.12. The molecule has 0 bridgehead atoms. The van der Waals surface area contributed by atoms with E-state index >= 15 is 0 Å². The first-order valence-corrected chi connectivity index (χ1v) is 19.8. The van der Waals surface area contributed by atoms with E-state index in [0.717, 1.165) is 39.3 Å². The summed E-state index contributed by atoms with van der Waals surface area (Å²) in [6, 6.07) is 66.6. The molecule has 0 spiro atoms. The van der Waals surface area contributed by atoms with E-state index < -0.39 is 5.54 Å². The Hall–Kier alpha value is -7.57. The van der Waals surface area contributed by atoms with Gasteiger partial charge in [0.2, 0.25) is 0 Å². The molecule has 9 aromatic rings. The summed E-state index contributed by atoms with van der Waals surface area (Å²) in [6.07, 6.45) is 2.54. The fourth-order valence-electron chi connectivity index (χ4n) is 9.74. The Kier molecular flexibility index (Phi) is 7.02. The zero-order chi connectivity index (χ0) is 38.4. The predicted octanol–water partition coefficient (Wildman–Crippen LogP) is 10.6. The van der Waals surface area contributed by atoms with E-state index in [4.69, 9.17) is 15.0 Å². The number of benzene rings is 7. The van der Waals surface area contributed by atoms with Gasteiger partial charge in [0.05, 0.1) is 33.5 Å². The molecule has 0 saturated carbocycles. The summed E-state index contributed by atoms with van der Waals surface area (Å²) in [6.45, 7) is 2.44. The number of anilines is 4. The molecule has 58 heavy (non-hydrogen) atoms. The van der Waals surface area contributed by atoms with E-state index in [9.17, 15) is 0 Å². The molecule has 7 aromatic carbocycles. The van der Waals surface area contributed by atoms with Gasteiger partial charge in [0.25, 0.3) is 0 Å². The van der Waals surface area contributed by atoms with Crippen LogP contribution in [-0.2, 0) is 0 Å². The van der Waals surface area contributed by atoms with Crippen LogP contribution in [0.2, 0.25) is 0 Å². The highest BCUT2D eigenvalue weighted by Crippen LogP contribution is 2.62. The van der Waals surface area contributed by atoms with E-state index in [1.165, 1.54) is 38.6 Å². The van der Waals surface area contributed by atoms with E-state index in [1.807, 2.05) is 36.4 Å². The van der Waals surface area contributed by atoms with E-state index in [-0.39, 0.29) is 5.92 Å². The van der Waals surface area contributed by atoms with Crippen molar-refractivity contribution >= 4 is 45.4 Å². The third-order valence-electron chi connectivity index (χ3n) is 12.2. The third-order valence-corrected chi connectivity index (χ3v) is 12.2. The summed E-state index contributed by atoms with van der Waals surface area (Å²) >= 11 is 0. The topological polar surface area (TPSA) is 50.1 Å².